The number of hydrogen-bond donors (Lipinski definition) is 1. The molecule has 146 valence electrons. The molecule has 0 spiro atoms. The third kappa shape index (κ3) is 4.71. The summed E-state index contributed by atoms with van der Waals surface area (Å²) in [5.41, 5.74) is 2.14. The maximum Gasteiger partial charge on any atom is 0.258 e. The standard InChI is InChI=1S/C22H25N3O3/c1-4-16-5-9-19(10-6-16)28-15-20(26)24-21(22-23-13-14-25(22)2)17-7-11-18(27-3)12-8-17/h5-14,21H,4,15H2,1-3H3,(H,24,26). The number of aromatic nitrogens is 2. The van der Waals surface area contributed by atoms with Crippen molar-refractivity contribution in [3.8, 4) is 11.5 Å². The Kier molecular flexibility index (Phi) is 6.32. The Morgan fingerprint density at radius 1 is 1.11 bits per heavy atom. The number of carbonyl (C=O) groups excluding carboxylic acids is 1. The molecule has 1 aromatic heterocycles. The molecule has 0 fully saturated rings. The van der Waals surface area contributed by atoms with Crippen LogP contribution < -0.4 is 14.8 Å². The van der Waals surface area contributed by atoms with Crippen LogP contribution in [0.15, 0.2) is 60.9 Å². The second-order valence-corrected chi connectivity index (χ2v) is 6.46. The molecule has 6 nitrogen and oxygen atoms in total. The fourth-order valence-electron chi connectivity index (χ4n) is 2.92. The van der Waals surface area contributed by atoms with Crippen molar-refractivity contribution in [2.45, 2.75) is 19.4 Å². The smallest absolute Gasteiger partial charge is 0.258 e. The Morgan fingerprint density at radius 3 is 2.36 bits per heavy atom. The van der Waals surface area contributed by atoms with E-state index in [9.17, 15) is 4.79 Å². The van der Waals surface area contributed by atoms with Gasteiger partial charge in [0.05, 0.1) is 7.11 Å². The van der Waals surface area contributed by atoms with Gasteiger partial charge in [-0.2, -0.15) is 0 Å². The van der Waals surface area contributed by atoms with Crippen LogP contribution in [0.5, 0.6) is 11.5 Å². The quantitative estimate of drug-likeness (QED) is 0.652. The van der Waals surface area contributed by atoms with E-state index in [-0.39, 0.29) is 18.6 Å². The van der Waals surface area contributed by atoms with E-state index in [1.807, 2.05) is 66.3 Å². The van der Waals surface area contributed by atoms with E-state index in [1.165, 1.54) is 5.56 Å². The lowest BCUT2D eigenvalue weighted by Gasteiger charge is -2.19. The van der Waals surface area contributed by atoms with Crippen molar-refractivity contribution < 1.29 is 14.3 Å². The first-order chi connectivity index (χ1) is 13.6. The summed E-state index contributed by atoms with van der Waals surface area (Å²) >= 11 is 0. The molecule has 1 unspecified atom stereocenters. The van der Waals surface area contributed by atoms with Crippen molar-refractivity contribution in [3.05, 3.63) is 77.9 Å². The van der Waals surface area contributed by atoms with Gasteiger partial charge < -0.3 is 19.4 Å². The zero-order chi connectivity index (χ0) is 19.9. The number of nitrogens with zero attached hydrogens (tertiary/aromatic N) is 2. The minimum absolute atomic E-state index is 0.0669. The lowest BCUT2D eigenvalue weighted by atomic mass is 10.1. The molecule has 0 saturated heterocycles. The van der Waals surface area contributed by atoms with Crippen molar-refractivity contribution in [2.24, 2.45) is 7.05 Å². The lowest BCUT2D eigenvalue weighted by molar-refractivity contribution is -0.123. The average molecular weight is 379 g/mol. The van der Waals surface area contributed by atoms with E-state index in [0.29, 0.717) is 5.75 Å². The summed E-state index contributed by atoms with van der Waals surface area (Å²) in [6, 6.07) is 14.9. The van der Waals surface area contributed by atoms with E-state index >= 15 is 0 Å². The highest BCUT2D eigenvalue weighted by Crippen LogP contribution is 2.23. The van der Waals surface area contributed by atoms with Gasteiger partial charge in [0.15, 0.2) is 6.61 Å². The van der Waals surface area contributed by atoms with Crippen molar-refractivity contribution in [3.63, 3.8) is 0 Å². The van der Waals surface area contributed by atoms with Crippen molar-refractivity contribution in [1.29, 1.82) is 0 Å². The number of rotatable bonds is 8. The second kappa shape index (κ2) is 9.08. The van der Waals surface area contributed by atoms with E-state index in [4.69, 9.17) is 9.47 Å². The average Bonchev–Trinajstić information content (AvgIpc) is 3.16. The van der Waals surface area contributed by atoms with Gasteiger partial charge in [0.2, 0.25) is 0 Å². The molecule has 0 aliphatic carbocycles. The molecule has 3 rings (SSSR count). The summed E-state index contributed by atoms with van der Waals surface area (Å²) in [5, 5.41) is 3.02. The minimum Gasteiger partial charge on any atom is -0.497 e. The van der Waals surface area contributed by atoms with Gasteiger partial charge in [0.1, 0.15) is 23.4 Å². The van der Waals surface area contributed by atoms with Crippen LogP contribution in [-0.2, 0) is 18.3 Å². The summed E-state index contributed by atoms with van der Waals surface area (Å²) < 4.78 is 12.7. The summed E-state index contributed by atoms with van der Waals surface area (Å²) in [6.45, 7) is 2.03. The Labute approximate surface area is 165 Å². The van der Waals surface area contributed by atoms with Gasteiger partial charge in [-0.3, -0.25) is 4.79 Å². The number of amides is 1. The van der Waals surface area contributed by atoms with Crippen LogP contribution in [-0.4, -0.2) is 29.2 Å². The van der Waals surface area contributed by atoms with E-state index in [0.717, 1.165) is 23.6 Å². The number of methoxy groups -OCH3 is 1. The number of carbonyl (C=O) groups is 1. The van der Waals surface area contributed by atoms with Crippen LogP contribution in [0.1, 0.15) is 29.9 Å². The third-order valence-corrected chi connectivity index (χ3v) is 4.57. The Balaban J connectivity index is 1.71. The third-order valence-electron chi connectivity index (χ3n) is 4.57. The molecule has 1 amide bonds. The molecule has 1 heterocycles. The minimum atomic E-state index is -0.385. The van der Waals surface area contributed by atoms with Crippen LogP contribution in [0.3, 0.4) is 0 Å². The molecule has 1 N–H and O–H groups in total. The van der Waals surface area contributed by atoms with Crippen LogP contribution in [0, 0.1) is 0 Å². The molecular weight excluding hydrogens is 354 g/mol. The number of benzene rings is 2. The monoisotopic (exact) mass is 379 g/mol. The zero-order valence-electron chi connectivity index (χ0n) is 16.4. The summed E-state index contributed by atoms with van der Waals surface area (Å²) in [5.74, 6) is 1.95. The highest BCUT2D eigenvalue weighted by Gasteiger charge is 2.21. The molecule has 1 atom stereocenters. The first kappa shape index (κ1) is 19.5. The second-order valence-electron chi connectivity index (χ2n) is 6.46. The lowest BCUT2D eigenvalue weighted by Crippen LogP contribution is -2.34. The van der Waals surface area contributed by atoms with E-state index in [2.05, 4.69) is 17.2 Å². The predicted octanol–water partition coefficient (Wildman–Crippen LogP) is 3.28. The largest absolute Gasteiger partial charge is 0.497 e. The van der Waals surface area contributed by atoms with Gasteiger partial charge in [0, 0.05) is 19.4 Å². The zero-order valence-corrected chi connectivity index (χ0v) is 16.4. The molecule has 6 heteroatoms. The molecular formula is C22H25N3O3. The fraction of sp³-hybridized carbons (Fsp3) is 0.273. The molecule has 0 aliphatic rings. The maximum atomic E-state index is 12.6. The Hall–Kier alpha value is -3.28. The number of imidazole rings is 1. The molecule has 0 radical (unpaired) electrons. The first-order valence-corrected chi connectivity index (χ1v) is 9.23. The number of aryl methyl sites for hydroxylation is 2. The van der Waals surface area contributed by atoms with Crippen molar-refractivity contribution >= 4 is 5.91 Å². The molecule has 28 heavy (non-hydrogen) atoms. The van der Waals surface area contributed by atoms with E-state index in [1.54, 1.807) is 13.3 Å². The Bertz CT molecular complexity index is 902. The molecule has 0 saturated carbocycles. The van der Waals surface area contributed by atoms with E-state index < -0.39 is 0 Å². The fourth-order valence-corrected chi connectivity index (χ4v) is 2.92. The number of hydrogen-bond acceptors (Lipinski definition) is 4. The SMILES string of the molecule is CCc1ccc(OCC(=O)NC(c2ccc(OC)cc2)c2nccn2C)cc1. The van der Waals surface area contributed by atoms with Crippen LogP contribution in [0.4, 0.5) is 0 Å². The van der Waals surface area contributed by atoms with Crippen LogP contribution in [0.25, 0.3) is 0 Å². The first-order valence-electron chi connectivity index (χ1n) is 9.23. The van der Waals surface area contributed by atoms with Gasteiger partial charge >= 0.3 is 0 Å². The molecule has 0 aliphatic heterocycles. The van der Waals surface area contributed by atoms with Gasteiger partial charge in [-0.05, 0) is 41.8 Å². The van der Waals surface area contributed by atoms with Gasteiger partial charge in [-0.1, -0.05) is 31.2 Å². The topological polar surface area (TPSA) is 65.4 Å². The van der Waals surface area contributed by atoms with Gasteiger partial charge in [-0.15, -0.1) is 0 Å². The highest BCUT2D eigenvalue weighted by molar-refractivity contribution is 5.78. The summed E-state index contributed by atoms with van der Waals surface area (Å²) in [7, 11) is 3.52. The van der Waals surface area contributed by atoms with Crippen LogP contribution in [0.2, 0.25) is 0 Å². The number of nitrogens with one attached hydrogen (secondary N) is 1. The summed E-state index contributed by atoms with van der Waals surface area (Å²) in [6.07, 6.45) is 4.53. The summed E-state index contributed by atoms with van der Waals surface area (Å²) in [4.78, 5) is 17.0. The van der Waals surface area contributed by atoms with Crippen molar-refractivity contribution in [1.82, 2.24) is 14.9 Å². The van der Waals surface area contributed by atoms with Gasteiger partial charge in [0.25, 0.3) is 5.91 Å². The Morgan fingerprint density at radius 2 is 1.79 bits per heavy atom. The maximum absolute atomic E-state index is 12.6. The molecule has 3 aromatic rings. The number of ether oxygens (including phenoxy) is 2. The highest BCUT2D eigenvalue weighted by atomic mass is 16.5. The van der Waals surface area contributed by atoms with Gasteiger partial charge in [-0.25, -0.2) is 4.98 Å². The van der Waals surface area contributed by atoms with Crippen LogP contribution >= 0.6 is 0 Å². The molecule has 2 aromatic carbocycles. The normalized spacial score (nSPS) is 11.7. The van der Waals surface area contributed by atoms with Crippen molar-refractivity contribution in [2.75, 3.05) is 13.7 Å². The predicted molar refractivity (Wildman–Crippen MR) is 108 cm³/mol. The molecule has 0 bridgehead atoms.